The third kappa shape index (κ3) is 2.70. The maximum atomic E-state index is 9.13. The van der Waals surface area contributed by atoms with E-state index in [1.54, 1.807) is 0 Å². The molecule has 3 rings (SSSR count). The minimum Gasteiger partial charge on any atom is -0.394 e. The molecule has 5 nitrogen and oxygen atoms in total. The zero-order chi connectivity index (χ0) is 12.4. The molecule has 0 bridgehead atoms. The zero-order valence-electron chi connectivity index (χ0n) is 10.8. The molecule has 1 aliphatic carbocycles. The van der Waals surface area contributed by atoms with Gasteiger partial charge in [-0.1, -0.05) is 0 Å². The normalized spacial score (nSPS) is 36.5. The Morgan fingerprint density at radius 1 is 1.22 bits per heavy atom. The summed E-state index contributed by atoms with van der Waals surface area (Å²) < 4.78 is 17.4. The molecule has 3 aliphatic rings. The van der Waals surface area contributed by atoms with Crippen LogP contribution in [0.15, 0.2) is 0 Å². The smallest absolute Gasteiger partial charge is 0.168 e. The van der Waals surface area contributed by atoms with Gasteiger partial charge in [0.2, 0.25) is 0 Å². The summed E-state index contributed by atoms with van der Waals surface area (Å²) in [7, 11) is 0. The van der Waals surface area contributed by atoms with Gasteiger partial charge in [0.1, 0.15) is 0 Å². The zero-order valence-corrected chi connectivity index (χ0v) is 10.8. The van der Waals surface area contributed by atoms with Gasteiger partial charge >= 0.3 is 0 Å². The van der Waals surface area contributed by atoms with Crippen LogP contribution in [0, 0.1) is 0 Å². The average Bonchev–Trinajstić information content (AvgIpc) is 3.01. The Bertz CT molecular complexity index is 280. The van der Waals surface area contributed by atoms with Crippen molar-refractivity contribution in [2.24, 2.45) is 0 Å². The molecule has 0 aromatic heterocycles. The number of hydrogen-bond donors (Lipinski definition) is 1. The highest BCUT2D eigenvalue weighted by Crippen LogP contribution is 2.39. The van der Waals surface area contributed by atoms with Crippen molar-refractivity contribution in [3.8, 4) is 0 Å². The van der Waals surface area contributed by atoms with E-state index in [2.05, 4.69) is 4.90 Å². The average molecular weight is 257 g/mol. The van der Waals surface area contributed by atoms with Crippen molar-refractivity contribution >= 4 is 0 Å². The van der Waals surface area contributed by atoms with Gasteiger partial charge in [0, 0.05) is 32.5 Å². The van der Waals surface area contributed by atoms with E-state index in [-0.39, 0.29) is 24.6 Å². The van der Waals surface area contributed by atoms with Crippen LogP contribution in [0.25, 0.3) is 0 Å². The monoisotopic (exact) mass is 257 g/mol. The second kappa shape index (κ2) is 5.43. The molecule has 0 radical (unpaired) electrons. The van der Waals surface area contributed by atoms with Crippen molar-refractivity contribution < 1.29 is 19.3 Å². The highest BCUT2D eigenvalue weighted by molar-refractivity contribution is 4.85. The van der Waals surface area contributed by atoms with Crippen LogP contribution in [0.5, 0.6) is 0 Å². The van der Waals surface area contributed by atoms with Crippen LogP contribution in [0.1, 0.15) is 25.7 Å². The maximum absolute atomic E-state index is 9.13. The van der Waals surface area contributed by atoms with Gasteiger partial charge in [-0.25, -0.2) is 0 Å². The third-order valence-electron chi connectivity index (χ3n) is 4.17. The van der Waals surface area contributed by atoms with E-state index >= 15 is 0 Å². The topological polar surface area (TPSA) is 51.2 Å². The summed E-state index contributed by atoms with van der Waals surface area (Å²) in [5.41, 5.74) is 0. The Hall–Kier alpha value is -0.200. The lowest BCUT2D eigenvalue weighted by molar-refractivity contribution is -0.165. The van der Waals surface area contributed by atoms with E-state index in [9.17, 15) is 0 Å². The first kappa shape index (κ1) is 12.8. The first-order valence-electron chi connectivity index (χ1n) is 7.06. The van der Waals surface area contributed by atoms with E-state index < -0.39 is 0 Å². The molecule has 1 N–H and O–H groups in total. The molecule has 2 unspecified atom stereocenters. The molecule has 2 heterocycles. The maximum Gasteiger partial charge on any atom is 0.168 e. The second-order valence-electron chi connectivity index (χ2n) is 5.60. The van der Waals surface area contributed by atoms with E-state index in [1.807, 2.05) is 0 Å². The van der Waals surface area contributed by atoms with Gasteiger partial charge in [-0.05, 0) is 12.8 Å². The minimum absolute atomic E-state index is 0.0403. The quantitative estimate of drug-likeness (QED) is 0.791. The van der Waals surface area contributed by atoms with Crippen molar-refractivity contribution in [1.29, 1.82) is 0 Å². The predicted molar refractivity (Wildman–Crippen MR) is 65.3 cm³/mol. The summed E-state index contributed by atoms with van der Waals surface area (Å²) >= 11 is 0. The van der Waals surface area contributed by atoms with Crippen LogP contribution >= 0.6 is 0 Å². The number of aliphatic hydroxyl groups is 1. The summed E-state index contributed by atoms with van der Waals surface area (Å²) in [5.74, 6) is -0.257. The summed E-state index contributed by atoms with van der Waals surface area (Å²) in [4.78, 5) is 2.31. The number of hydrogen-bond acceptors (Lipinski definition) is 5. The van der Waals surface area contributed by atoms with Crippen molar-refractivity contribution in [1.82, 2.24) is 4.90 Å². The summed E-state index contributed by atoms with van der Waals surface area (Å²) in [6, 6.07) is 0. The van der Waals surface area contributed by atoms with Gasteiger partial charge in [0.05, 0.1) is 32.0 Å². The Balaban J connectivity index is 1.48. The summed E-state index contributed by atoms with van der Waals surface area (Å²) in [6.45, 7) is 4.11. The van der Waals surface area contributed by atoms with Crippen LogP contribution in [-0.4, -0.2) is 67.5 Å². The molecular weight excluding hydrogens is 234 g/mol. The Morgan fingerprint density at radius 2 is 2.06 bits per heavy atom. The van der Waals surface area contributed by atoms with Crippen molar-refractivity contribution in [3.05, 3.63) is 0 Å². The van der Waals surface area contributed by atoms with Crippen LogP contribution in [0.2, 0.25) is 0 Å². The number of ether oxygens (including phenoxy) is 3. The first-order chi connectivity index (χ1) is 8.80. The largest absolute Gasteiger partial charge is 0.394 e. The van der Waals surface area contributed by atoms with E-state index in [1.165, 1.54) is 12.8 Å². The summed E-state index contributed by atoms with van der Waals surface area (Å²) in [5, 5.41) is 9.13. The first-order valence-corrected chi connectivity index (χ1v) is 7.06. The van der Waals surface area contributed by atoms with Gasteiger partial charge in [-0.2, -0.15) is 0 Å². The molecule has 1 spiro atoms. The molecule has 2 aliphatic heterocycles. The molecule has 18 heavy (non-hydrogen) atoms. The Labute approximate surface area is 108 Å². The van der Waals surface area contributed by atoms with Crippen LogP contribution in [-0.2, 0) is 14.2 Å². The molecule has 5 heteroatoms. The van der Waals surface area contributed by atoms with Gasteiger partial charge in [-0.15, -0.1) is 0 Å². The lowest BCUT2D eigenvalue weighted by Crippen LogP contribution is -2.47. The summed E-state index contributed by atoms with van der Waals surface area (Å²) in [6.07, 6.45) is 4.67. The molecule has 0 aromatic rings. The molecule has 0 amide bonds. The highest BCUT2D eigenvalue weighted by atomic mass is 16.7. The van der Waals surface area contributed by atoms with Crippen molar-refractivity contribution in [2.75, 3.05) is 39.5 Å². The number of nitrogens with zero attached hydrogens (tertiary/aromatic N) is 1. The van der Waals surface area contributed by atoms with Gasteiger partial charge in [-0.3, -0.25) is 4.90 Å². The lowest BCUT2D eigenvalue weighted by atomic mass is 10.2. The highest BCUT2D eigenvalue weighted by Gasteiger charge is 2.44. The number of aliphatic hydroxyl groups excluding tert-OH is 1. The molecule has 1 saturated carbocycles. The fraction of sp³-hybridized carbons (Fsp3) is 1.00. The number of rotatable bonds is 3. The van der Waals surface area contributed by atoms with Gasteiger partial charge in [0.15, 0.2) is 5.79 Å². The lowest BCUT2D eigenvalue weighted by Gasteiger charge is -2.33. The SMILES string of the molecule is OCC1CN(CC2COC3(CCCC3)O2)CCO1. The number of morpholine rings is 1. The van der Waals surface area contributed by atoms with Crippen molar-refractivity contribution in [3.63, 3.8) is 0 Å². The standard InChI is InChI=1S/C13H23NO4/c15-9-11-7-14(5-6-16-11)8-12-10-17-13(18-12)3-1-2-4-13/h11-12,15H,1-10H2. The molecule has 0 aromatic carbocycles. The Morgan fingerprint density at radius 3 is 2.83 bits per heavy atom. The van der Waals surface area contributed by atoms with Crippen LogP contribution in [0.3, 0.4) is 0 Å². The van der Waals surface area contributed by atoms with Gasteiger partial charge in [0.25, 0.3) is 0 Å². The third-order valence-corrected chi connectivity index (χ3v) is 4.17. The molecular formula is C13H23NO4. The van der Waals surface area contributed by atoms with Crippen LogP contribution in [0.4, 0.5) is 0 Å². The molecule has 3 fully saturated rings. The fourth-order valence-corrected chi connectivity index (χ4v) is 3.23. The van der Waals surface area contributed by atoms with Crippen LogP contribution < -0.4 is 0 Å². The molecule has 104 valence electrons. The molecule has 2 saturated heterocycles. The Kier molecular flexibility index (Phi) is 3.86. The minimum atomic E-state index is -0.257. The molecule has 2 atom stereocenters. The van der Waals surface area contributed by atoms with E-state index in [4.69, 9.17) is 19.3 Å². The second-order valence-corrected chi connectivity index (χ2v) is 5.60. The van der Waals surface area contributed by atoms with E-state index in [0.717, 1.165) is 32.5 Å². The fourth-order valence-electron chi connectivity index (χ4n) is 3.23. The van der Waals surface area contributed by atoms with Crippen molar-refractivity contribution in [2.45, 2.75) is 43.7 Å². The van der Waals surface area contributed by atoms with E-state index in [0.29, 0.717) is 13.2 Å². The predicted octanol–water partition coefficient (Wildman–Crippen LogP) is 0.365. The van der Waals surface area contributed by atoms with Gasteiger partial charge < -0.3 is 19.3 Å².